The molecule has 4 aromatic carbocycles. The van der Waals surface area contributed by atoms with E-state index in [1.165, 1.54) is 48.2 Å². The van der Waals surface area contributed by atoms with E-state index in [4.69, 9.17) is 0 Å². The van der Waals surface area contributed by atoms with Crippen molar-refractivity contribution in [3.8, 4) is 0 Å². The van der Waals surface area contributed by atoms with E-state index in [9.17, 15) is 29.6 Å². The minimum absolute atomic E-state index is 0.0718. The Morgan fingerprint density at radius 2 is 1.56 bits per heavy atom. The highest BCUT2D eigenvalue weighted by Crippen LogP contribution is 2.37. The maximum absolute atomic E-state index is 13.4. The van der Waals surface area contributed by atoms with Crippen molar-refractivity contribution in [1.82, 2.24) is 0 Å². The number of thioether (sulfide) groups is 1. The van der Waals surface area contributed by atoms with E-state index in [0.29, 0.717) is 11.4 Å². The molecule has 0 aromatic heterocycles. The second-order valence-corrected chi connectivity index (χ2v) is 9.70. The summed E-state index contributed by atoms with van der Waals surface area (Å²) >= 11 is 1.30. The molecule has 4 rings (SSSR count). The molecule has 0 aliphatic rings. The molecule has 0 heterocycles. The SMILES string of the molecule is Cc1ccc(C(=O)O)cc1NC(=O)C(Sc1ccc(NC(=O)c2cccc([N+](=O)[O-])c2)cc1)c1ccccc1. The van der Waals surface area contributed by atoms with Gasteiger partial charge in [0.15, 0.2) is 0 Å². The third-order valence-electron chi connectivity index (χ3n) is 5.77. The molecule has 0 aliphatic heterocycles. The highest BCUT2D eigenvalue weighted by Gasteiger charge is 2.23. The number of carboxylic acid groups (broad SMARTS) is 1. The van der Waals surface area contributed by atoms with Gasteiger partial charge in [0.25, 0.3) is 11.6 Å². The van der Waals surface area contributed by atoms with Crippen LogP contribution in [0.15, 0.2) is 102 Å². The summed E-state index contributed by atoms with van der Waals surface area (Å²) < 4.78 is 0. The normalized spacial score (nSPS) is 11.3. The number of carboxylic acids is 1. The Hall–Kier alpha value is -4.96. The van der Waals surface area contributed by atoms with Crippen molar-refractivity contribution in [2.24, 2.45) is 0 Å². The van der Waals surface area contributed by atoms with Crippen molar-refractivity contribution < 1.29 is 24.4 Å². The number of nitrogens with zero attached hydrogens (tertiary/aromatic N) is 1. The number of nitro benzene ring substituents is 1. The van der Waals surface area contributed by atoms with E-state index >= 15 is 0 Å². The molecule has 9 nitrogen and oxygen atoms in total. The first-order valence-corrected chi connectivity index (χ1v) is 12.6. The number of aromatic carboxylic acids is 1. The lowest BCUT2D eigenvalue weighted by Gasteiger charge is -2.18. The largest absolute Gasteiger partial charge is 0.478 e. The average Bonchev–Trinajstić information content (AvgIpc) is 2.94. The second kappa shape index (κ2) is 12.1. The summed E-state index contributed by atoms with van der Waals surface area (Å²) in [7, 11) is 0. The zero-order valence-corrected chi connectivity index (χ0v) is 21.5. The maximum atomic E-state index is 13.4. The minimum atomic E-state index is -1.09. The first-order valence-electron chi connectivity index (χ1n) is 11.7. The van der Waals surface area contributed by atoms with E-state index in [-0.39, 0.29) is 22.7 Å². The van der Waals surface area contributed by atoms with Gasteiger partial charge in [-0.2, -0.15) is 0 Å². The molecule has 1 unspecified atom stereocenters. The van der Waals surface area contributed by atoms with Crippen LogP contribution in [0.3, 0.4) is 0 Å². The summed E-state index contributed by atoms with van der Waals surface area (Å²) in [6.07, 6.45) is 0. The van der Waals surface area contributed by atoms with Crippen LogP contribution in [0.4, 0.5) is 17.1 Å². The number of rotatable bonds is 9. The summed E-state index contributed by atoms with van der Waals surface area (Å²) in [5, 5.41) is 25.2. The highest BCUT2D eigenvalue weighted by atomic mass is 32.2. The Labute approximate surface area is 228 Å². The van der Waals surface area contributed by atoms with Gasteiger partial charge in [-0.25, -0.2) is 4.79 Å². The van der Waals surface area contributed by atoms with Crippen molar-refractivity contribution in [3.63, 3.8) is 0 Å². The second-order valence-electron chi connectivity index (χ2n) is 8.52. The van der Waals surface area contributed by atoms with Crippen molar-refractivity contribution in [1.29, 1.82) is 0 Å². The molecular formula is C29H23N3O6S. The van der Waals surface area contributed by atoms with E-state index < -0.39 is 22.0 Å². The summed E-state index contributed by atoms with van der Waals surface area (Å²) in [5.74, 6) is -1.89. The van der Waals surface area contributed by atoms with Gasteiger partial charge in [0.05, 0.1) is 10.5 Å². The van der Waals surface area contributed by atoms with Gasteiger partial charge < -0.3 is 15.7 Å². The molecule has 1 atom stereocenters. The van der Waals surface area contributed by atoms with Crippen LogP contribution in [0.1, 0.15) is 37.1 Å². The molecule has 0 saturated heterocycles. The van der Waals surface area contributed by atoms with E-state index in [2.05, 4.69) is 10.6 Å². The average molecular weight is 542 g/mol. The van der Waals surface area contributed by atoms with Crippen LogP contribution in [0.5, 0.6) is 0 Å². The van der Waals surface area contributed by atoms with Crippen molar-refractivity contribution in [2.75, 3.05) is 10.6 Å². The molecule has 0 bridgehead atoms. The van der Waals surface area contributed by atoms with Crippen LogP contribution in [0, 0.1) is 17.0 Å². The molecule has 2 amide bonds. The smallest absolute Gasteiger partial charge is 0.335 e. The first kappa shape index (κ1) is 27.1. The lowest BCUT2D eigenvalue weighted by Crippen LogP contribution is -2.20. The standard InChI is InChI=1S/C29H23N3O6S/c1-18-10-11-21(29(35)36)17-25(18)31-28(34)26(19-6-3-2-4-7-19)39-24-14-12-22(13-15-24)30-27(33)20-8-5-9-23(16-20)32(37)38/h2-17,26H,1H3,(H,30,33)(H,31,34)(H,35,36). The summed E-state index contributed by atoms with van der Waals surface area (Å²) in [6.45, 7) is 1.78. The van der Waals surface area contributed by atoms with Crippen molar-refractivity contribution >= 4 is 46.6 Å². The van der Waals surface area contributed by atoms with Gasteiger partial charge in [-0.05, 0) is 60.5 Å². The number of carbonyl (C=O) groups is 3. The van der Waals surface area contributed by atoms with Crippen LogP contribution in [-0.2, 0) is 4.79 Å². The first-order chi connectivity index (χ1) is 18.7. The molecule has 39 heavy (non-hydrogen) atoms. The number of amides is 2. The number of hydrogen-bond donors (Lipinski definition) is 3. The number of hydrogen-bond acceptors (Lipinski definition) is 6. The topological polar surface area (TPSA) is 139 Å². The Balaban J connectivity index is 1.51. The zero-order valence-electron chi connectivity index (χ0n) is 20.7. The Morgan fingerprint density at radius 3 is 2.23 bits per heavy atom. The number of aryl methyl sites for hydroxylation is 1. The predicted octanol–water partition coefficient (Wildman–Crippen LogP) is 6.33. The number of nitro groups is 1. The lowest BCUT2D eigenvalue weighted by atomic mass is 10.1. The molecule has 3 N–H and O–H groups in total. The van der Waals surface area contributed by atoms with Crippen LogP contribution < -0.4 is 10.6 Å². The van der Waals surface area contributed by atoms with Gasteiger partial charge in [0, 0.05) is 34.0 Å². The highest BCUT2D eigenvalue weighted by molar-refractivity contribution is 8.00. The van der Waals surface area contributed by atoms with Gasteiger partial charge >= 0.3 is 5.97 Å². The van der Waals surface area contributed by atoms with Crippen LogP contribution in [0.2, 0.25) is 0 Å². The number of anilines is 2. The lowest BCUT2D eigenvalue weighted by molar-refractivity contribution is -0.384. The monoisotopic (exact) mass is 541 g/mol. The molecule has 0 saturated carbocycles. The number of nitrogens with one attached hydrogen (secondary N) is 2. The predicted molar refractivity (Wildman–Crippen MR) is 149 cm³/mol. The fraction of sp³-hybridized carbons (Fsp3) is 0.0690. The van der Waals surface area contributed by atoms with Crippen molar-refractivity contribution in [2.45, 2.75) is 17.1 Å². The fourth-order valence-electron chi connectivity index (χ4n) is 3.71. The van der Waals surface area contributed by atoms with Gasteiger partial charge in [-0.3, -0.25) is 19.7 Å². The van der Waals surface area contributed by atoms with Crippen LogP contribution in [-0.4, -0.2) is 27.8 Å². The minimum Gasteiger partial charge on any atom is -0.478 e. The van der Waals surface area contributed by atoms with E-state index in [1.807, 2.05) is 30.3 Å². The number of benzene rings is 4. The summed E-state index contributed by atoms with van der Waals surface area (Å²) in [5.41, 5.74) is 2.44. The Kier molecular flexibility index (Phi) is 8.37. The van der Waals surface area contributed by atoms with Gasteiger partial charge in [0.1, 0.15) is 5.25 Å². The molecule has 0 fully saturated rings. The molecular weight excluding hydrogens is 518 g/mol. The third kappa shape index (κ3) is 6.88. The maximum Gasteiger partial charge on any atom is 0.335 e. The van der Waals surface area contributed by atoms with Crippen molar-refractivity contribution in [3.05, 3.63) is 129 Å². The van der Waals surface area contributed by atoms with Gasteiger partial charge in [0.2, 0.25) is 5.91 Å². The molecule has 0 radical (unpaired) electrons. The summed E-state index contributed by atoms with van der Waals surface area (Å²) in [6, 6.07) is 26.1. The van der Waals surface area contributed by atoms with E-state index in [0.717, 1.165) is 16.0 Å². The zero-order chi connectivity index (χ0) is 27.9. The Morgan fingerprint density at radius 1 is 0.846 bits per heavy atom. The van der Waals surface area contributed by atoms with Crippen LogP contribution in [0.25, 0.3) is 0 Å². The molecule has 4 aromatic rings. The quantitative estimate of drug-likeness (QED) is 0.128. The van der Waals surface area contributed by atoms with E-state index in [1.54, 1.807) is 37.3 Å². The number of non-ortho nitro benzene ring substituents is 1. The number of carbonyl (C=O) groups excluding carboxylic acids is 2. The van der Waals surface area contributed by atoms with Gasteiger partial charge in [-0.1, -0.05) is 42.5 Å². The summed E-state index contributed by atoms with van der Waals surface area (Å²) in [4.78, 5) is 48.5. The molecule has 0 spiro atoms. The third-order valence-corrected chi connectivity index (χ3v) is 7.03. The van der Waals surface area contributed by atoms with Crippen LogP contribution >= 0.6 is 11.8 Å². The molecule has 0 aliphatic carbocycles. The molecule has 10 heteroatoms. The van der Waals surface area contributed by atoms with Gasteiger partial charge in [-0.15, -0.1) is 11.8 Å². The Bertz CT molecular complexity index is 1540. The molecule has 196 valence electrons. The fourth-order valence-corrected chi connectivity index (χ4v) is 4.73.